The Morgan fingerprint density at radius 3 is 2.49 bits per heavy atom. The number of para-hydroxylation sites is 1. The molecule has 4 heterocycles. The van der Waals surface area contributed by atoms with E-state index >= 15 is 0 Å². The van der Waals surface area contributed by atoms with E-state index in [2.05, 4.69) is 68.7 Å². The third-order valence-corrected chi connectivity index (χ3v) is 7.59. The van der Waals surface area contributed by atoms with Crippen LogP contribution in [-0.4, -0.2) is 38.4 Å². The van der Waals surface area contributed by atoms with Crippen molar-refractivity contribution in [3.63, 3.8) is 0 Å². The number of ether oxygens (including phenoxy) is 1. The Balaban J connectivity index is 1.58. The van der Waals surface area contributed by atoms with Crippen LogP contribution in [0.25, 0.3) is 27.8 Å². The number of aromatic nitrogens is 5. The smallest absolute Gasteiger partial charge is 0.225 e. The number of aryl methyl sites for hydroxylation is 2. The highest BCUT2D eigenvalue weighted by Crippen LogP contribution is 2.40. The molecule has 0 radical (unpaired) electrons. The van der Waals surface area contributed by atoms with Crippen molar-refractivity contribution in [2.75, 3.05) is 18.6 Å². The number of benzene rings is 2. The Labute approximate surface area is 221 Å². The average molecular weight is 513 g/mol. The Kier molecular flexibility index (Phi) is 6.08. The molecule has 0 amide bonds. The summed E-state index contributed by atoms with van der Waals surface area (Å²) in [6.07, 6.45) is 8.05. The van der Waals surface area contributed by atoms with Gasteiger partial charge in [-0.3, -0.25) is 0 Å². The van der Waals surface area contributed by atoms with E-state index in [0.717, 1.165) is 53.7 Å². The number of anilines is 1. The lowest BCUT2D eigenvalue weighted by atomic mass is 9.97. The van der Waals surface area contributed by atoms with Crippen molar-refractivity contribution < 1.29 is 4.74 Å². The zero-order chi connectivity index (χ0) is 25.5. The lowest BCUT2D eigenvalue weighted by Crippen LogP contribution is -2.31. The Bertz CT molecular complexity index is 1560. The second kappa shape index (κ2) is 9.56. The van der Waals surface area contributed by atoms with Gasteiger partial charge in [0.2, 0.25) is 5.95 Å². The van der Waals surface area contributed by atoms with E-state index in [4.69, 9.17) is 21.4 Å². The Hall–Kier alpha value is -3.84. The number of methoxy groups -OCH3 is 1. The van der Waals surface area contributed by atoms with Gasteiger partial charge in [-0.05, 0) is 36.1 Å². The van der Waals surface area contributed by atoms with Gasteiger partial charge in [-0.1, -0.05) is 49.7 Å². The molecule has 0 unspecified atom stereocenters. The van der Waals surface area contributed by atoms with Gasteiger partial charge >= 0.3 is 0 Å². The van der Waals surface area contributed by atoms with Crippen LogP contribution in [0.15, 0.2) is 55.0 Å². The van der Waals surface area contributed by atoms with Crippen LogP contribution in [0, 0.1) is 0 Å². The third kappa shape index (κ3) is 3.94. The van der Waals surface area contributed by atoms with Gasteiger partial charge in [0.25, 0.3) is 0 Å². The topological polar surface area (TPSA) is 71.9 Å². The predicted octanol–water partition coefficient (Wildman–Crippen LogP) is 6.16. The van der Waals surface area contributed by atoms with Gasteiger partial charge in [-0.15, -0.1) is 0 Å². The van der Waals surface area contributed by atoms with E-state index in [9.17, 15) is 0 Å². The van der Waals surface area contributed by atoms with E-state index in [0.29, 0.717) is 23.3 Å². The summed E-state index contributed by atoms with van der Waals surface area (Å²) in [4.78, 5) is 14.7. The fraction of sp³-hybridized carbons (Fsp3) is 0.276. The van der Waals surface area contributed by atoms with Crippen molar-refractivity contribution in [1.82, 2.24) is 24.7 Å². The van der Waals surface area contributed by atoms with Crippen molar-refractivity contribution in [1.29, 1.82) is 0 Å². The van der Waals surface area contributed by atoms with Gasteiger partial charge in [-0.2, -0.15) is 5.10 Å². The maximum absolute atomic E-state index is 6.57. The number of rotatable bonds is 6. The van der Waals surface area contributed by atoms with Crippen LogP contribution in [0.5, 0.6) is 5.75 Å². The Morgan fingerprint density at radius 1 is 1.03 bits per heavy atom. The van der Waals surface area contributed by atoms with Crippen molar-refractivity contribution in [2.24, 2.45) is 0 Å². The number of H-pyrrole nitrogens is 1. The molecule has 0 saturated carbocycles. The molecule has 188 valence electrons. The molecule has 1 aliphatic heterocycles. The number of hydrogen-bond acceptors (Lipinski definition) is 5. The second-order valence-electron chi connectivity index (χ2n) is 9.27. The van der Waals surface area contributed by atoms with Crippen LogP contribution < -0.4 is 9.64 Å². The maximum Gasteiger partial charge on any atom is 0.225 e. The molecule has 0 saturated heterocycles. The first-order valence-corrected chi connectivity index (χ1v) is 13.1. The highest BCUT2D eigenvalue weighted by atomic mass is 35.5. The SMILES string of the molecule is CCc1cccc(CC)c1-n1nc2c(c1-c1ccc(Cl)c3[nH]ccc13)CN(c1ncc(OC)cn1)CC2. The lowest BCUT2D eigenvalue weighted by Gasteiger charge is -2.27. The number of aromatic amines is 1. The largest absolute Gasteiger partial charge is 0.494 e. The van der Waals surface area contributed by atoms with Gasteiger partial charge in [0.15, 0.2) is 5.75 Å². The minimum atomic E-state index is 0.647. The summed E-state index contributed by atoms with van der Waals surface area (Å²) in [5.41, 5.74) is 9.22. The number of nitrogens with zero attached hydrogens (tertiary/aromatic N) is 5. The summed E-state index contributed by atoms with van der Waals surface area (Å²) >= 11 is 6.57. The first-order chi connectivity index (χ1) is 18.1. The fourth-order valence-electron chi connectivity index (χ4n) is 5.38. The molecule has 0 atom stereocenters. The van der Waals surface area contributed by atoms with Crippen LogP contribution >= 0.6 is 11.6 Å². The van der Waals surface area contributed by atoms with Gasteiger partial charge < -0.3 is 14.6 Å². The first-order valence-electron chi connectivity index (χ1n) is 12.7. The van der Waals surface area contributed by atoms with Gasteiger partial charge in [-0.25, -0.2) is 14.6 Å². The minimum Gasteiger partial charge on any atom is -0.494 e. The van der Waals surface area contributed by atoms with Gasteiger partial charge in [0, 0.05) is 42.2 Å². The zero-order valence-corrected chi connectivity index (χ0v) is 22.0. The molecule has 2 aromatic carbocycles. The average Bonchev–Trinajstić information content (AvgIpc) is 3.58. The second-order valence-corrected chi connectivity index (χ2v) is 9.68. The molecule has 0 aliphatic carbocycles. The summed E-state index contributed by atoms with van der Waals surface area (Å²) in [5, 5.41) is 7.06. The number of halogens is 1. The first kappa shape index (κ1) is 23.6. The lowest BCUT2D eigenvalue weighted by molar-refractivity contribution is 0.410. The standard InChI is InChI=1S/C29H29ClN6O/c1-4-18-7-6-8-19(5-2)27(18)36-28(22-9-10-24(30)26-21(22)11-13-31-26)23-17-35(14-12-25(23)34-36)29-32-15-20(37-3)16-33-29/h6-11,13,15-16,31H,4-5,12,14,17H2,1-3H3. The van der Waals surface area contributed by atoms with Crippen molar-refractivity contribution in [3.05, 3.63) is 82.4 Å². The molecular weight excluding hydrogens is 484 g/mol. The molecule has 5 aromatic rings. The molecule has 8 heteroatoms. The summed E-state index contributed by atoms with van der Waals surface area (Å²) in [7, 11) is 1.62. The molecule has 7 nitrogen and oxygen atoms in total. The van der Waals surface area contributed by atoms with Crippen LogP contribution in [0.4, 0.5) is 5.95 Å². The van der Waals surface area contributed by atoms with E-state index in [1.807, 2.05) is 12.3 Å². The zero-order valence-electron chi connectivity index (χ0n) is 21.3. The highest BCUT2D eigenvalue weighted by Gasteiger charge is 2.29. The number of hydrogen-bond donors (Lipinski definition) is 1. The van der Waals surface area contributed by atoms with Crippen LogP contribution in [0.2, 0.25) is 5.02 Å². The quantitative estimate of drug-likeness (QED) is 0.295. The fourth-order valence-corrected chi connectivity index (χ4v) is 5.59. The minimum absolute atomic E-state index is 0.647. The summed E-state index contributed by atoms with van der Waals surface area (Å²) < 4.78 is 7.45. The van der Waals surface area contributed by atoms with Crippen LogP contribution in [0.1, 0.15) is 36.2 Å². The molecule has 3 aromatic heterocycles. The maximum atomic E-state index is 6.57. The van der Waals surface area contributed by atoms with Gasteiger partial charge in [0.1, 0.15) is 0 Å². The van der Waals surface area contributed by atoms with Crippen molar-refractivity contribution in [3.8, 4) is 22.7 Å². The van der Waals surface area contributed by atoms with Crippen molar-refractivity contribution in [2.45, 2.75) is 39.7 Å². The monoisotopic (exact) mass is 512 g/mol. The van der Waals surface area contributed by atoms with Gasteiger partial charge in [0.05, 0.1) is 47.1 Å². The van der Waals surface area contributed by atoms with E-state index in [1.165, 1.54) is 22.4 Å². The molecule has 1 N–H and O–H groups in total. The molecule has 37 heavy (non-hydrogen) atoms. The third-order valence-electron chi connectivity index (χ3n) is 7.27. The molecule has 6 rings (SSSR count). The number of fused-ring (bicyclic) bond motifs is 2. The van der Waals surface area contributed by atoms with Crippen LogP contribution in [-0.2, 0) is 25.8 Å². The van der Waals surface area contributed by atoms with Crippen molar-refractivity contribution >= 4 is 28.5 Å². The molecule has 0 fully saturated rings. The summed E-state index contributed by atoms with van der Waals surface area (Å²) in [6, 6.07) is 12.8. The highest BCUT2D eigenvalue weighted by molar-refractivity contribution is 6.35. The summed E-state index contributed by atoms with van der Waals surface area (Å²) in [5.74, 6) is 1.34. The van der Waals surface area contributed by atoms with E-state index in [-0.39, 0.29) is 0 Å². The molecule has 0 spiro atoms. The molecule has 1 aliphatic rings. The summed E-state index contributed by atoms with van der Waals surface area (Å²) in [6.45, 7) is 5.88. The number of nitrogens with one attached hydrogen (secondary N) is 1. The van der Waals surface area contributed by atoms with Crippen LogP contribution in [0.3, 0.4) is 0 Å². The predicted molar refractivity (Wildman–Crippen MR) is 148 cm³/mol. The Morgan fingerprint density at radius 2 is 1.78 bits per heavy atom. The normalized spacial score (nSPS) is 13.2. The van der Waals surface area contributed by atoms with E-state index in [1.54, 1.807) is 19.5 Å². The molecule has 0 bridgehead atoms. The molecular formula is C29H29ClN6O. The van der Waals surface area contributed by atoms with E-state index < -0.39 is 0 Å².